The number of carbonyl (C=O) groups excluding carboxylic acids is 1. The third-order valence-electron chi connectivity index (χ3n) is 3.92. The number of hydrogen-bond donors (Lipinski definition) is 2. The first-order chi connectivity index (χ1) is 9.18. The molecule has 0 atom stereocenters. The standard InChI is InChI=1S/C15H22N2O2.ClH/c1-12-5-3-4-6-13(12)11-17-14(18)15(19-2)7-9-16-10-8-15;/h3-6,16H,7-11H2,1-2H3,(H,17,18);1H. The molecule has 1 aromatic rings. The summed E-state index contributed by atoms with van der Waals surface area (Å²) in [4.78, 5) is 12.4. The lowest BCUT2D eigenvalue weighted by atomic mass is 9.91. The van der Waals surface area contributed by atoms with Crippen molar-refractivity contribution in [1.29, 1.82) is 0 Å². The number of carbonyl (C=O) groups is 1. The third kappa shape index (κ3) is 3.72. The molecule has 1 aliphatic rings. The van der Waals surface area contributed by atoms with Crippen LogP contribution in [-0.4, -0.2) is 31.7 Å². The quantitative estimate of drug-likeness (QED) is 0.891. The minimum atomic E-state index is -0.659. The fraction of sp³-hybridized carbons (Fsp3) is 0.533. The summed E-state index contributed by atoms with van der Waals surface area (Å²) in [5.41, 5.74) is 1.68. The van der Waals surface area contributed by atoms with Gasteiger partial charge in [-0.25, -0.2) is 0 Å². The van der Waals surface area contributed by atoms with Gasteiger partial charge in [0.25, 0.3) is 5.91 Å². The molecule has 2 rings (SSSR count). The molecule has 0 unspecified atom stereocenters. The van der Waals surface area contributed by atoms with Crippen LogP contribution in [0.4, 0.5) is 0 Å². The number of hydrogen-bond acceptors (Lipinski definition) is 3. The average molecular weight is 299 g/mol. The van der Waals surface area contributed by atoms with E-state index >= 15 is 0 Å². The smallest absolute Gasteiger partial charge is 0.252 e. The number of aryl methyl sites for hydroxylation is 1. The number of amides is 1. The van der Waals surface area contributed by atoms with E-state index in [0.29, 0.717) is 6.54 Å². The fourth-order valence-electron chi connectivity index (χ4n) is 2.50. The molecule has 1 heterocycles. The van der Waals surface area contributed by atoms with Crippen LogP contribution in [0, 0.1) is 6.92 Å². The van der Waals surface area contributed by atoms with Crippen molar-refractivity contribution in [3.8, 4) is 0 Å². The molecule has 0 bridgehead atoms. The summed E-state index contributed by atoms with van der Waals surface area (Å²) in [6, 6.07) is 8.09. The highest BCUT2D eigenvalue weighted by molar-refractivity contribution is 5.85. The number of methoxy groups -OCH3 is 1. The topological polar surface area (TPSA) is 50.4 Å². The van der Waals surface area contributed by atoms with E-state index in [4.69, 9.17) is 4.74 Å². The normalized spacial score (nSPS) is 17.1. The van der Waals surface area contributed by atoms with Gasteiger partial charge in [0.1, 0.15) is 5.60 Å². The molecule has 1 saturated heterocycles. The number of nitrogens with one attached hydrogen (secondary N) is 2. The van der Waals surface area contributed by atoms with E-state index in [1.165, 1.54) is 5.56 Å². The van der Waals surface area contributed by atoms with Crippen molar-refractivity contribution in [2.24, 2.45) is 0 Å². The molecule has 20 heavy (non-hydrogen) atoms. The zero-order chi connectivity index (χ0) is 13.7. The summed E-state index contributed by atoms with van der Waals surface area (Å²) in [7, 11) is 1.62. The molecule has 112 valence electrons. The van der Waals surface area contributed by atoms with Gasteiger partial charge in [0.2, 0.25) is 0 Å². The summed E-state index contributed by atoms with van der Waals surface area (Å²) in [6.45, 7) is 4.26. The first-order valence-electron chi connectivity index (χ1n) is 6.77. The Morgan fingerprint density at radius 2 is 2.00 bits per heavy atom. The lowest BCUT2D eigenvalue weighted by molar-refractivity contribution is -0.146. The van der Waals surface area contributed by atoms with Crippen LogP contribution in [0.25, 0.3) is 0 Å². The molecule has 2 N–H and O–H groups in total. The maximum absolute atomic E-state index is 12.4. The van der Waals surface area contributed by atoms with Crippen LogP contribution in [0.15, 0.2) is 24.3 Å². The first kappa shape index (κ1) is 17.0. The van der Waals surface area contributed by atoms with E-state index in [-0.39, 0.29) is 18.3 Å². The zero-order valence-corrected chi connectivity index (χ0v) is 12.9. The second-order valence-corrected chi connectivity index (χ2v) is 5.06. The molecular formula is C15H23ClN2O2. The highest BCUT2D eigenvalue weighted by Gasteiger charge is 2.39. The van der Waals surface area contributed by atoms with Gasteiger partial charge in [0.15, 0.2) is 0 Å². The van der Waals surface area contributed by atoms with Gasteiger partial charge in [-0.05, 0) is 44.0 Å². The van der Waals surface area contributed by atoms with E-state index < -0.39 is 5.60 Å². The molecular weight excluding hydrogens is 276 g/mol. The van der Waals surface area contributed by atoms with Crippen LogP contribution in [-0.2, 0) is 16.1 Å². The second kappa shape index (κ2) is 7.62. The van der Waals surface area contributed by atoms with Gasteiger partial charge in [-0.15, -0.1) is 12.4 Å². The van der Waals surface area contributed by atoms with Gasteiger partial charge in [-0.1, -0.05) is 24.3 Å². The molecule has 0 aromatic heterocycles. The van der Waals surface area contributed by atoms with Gasteiger partial charge in [0.05, 0.1) is 0 Å². The minimum absolute atomic E-state index is 0. The van der Waals surface area contributed by atoms with Crippen LogP contribution in [0.1, 0.15) is 24.0 Å². The molecule has 0 spiro atoms. The monoisotopic (exact) mass is 298 g/mol. The molecule has 0 aliphatic carbocycles. The van der Waals surface area contributed by atoms with Gasteiger partial charge in [-0.2, -0.15) is 0 Å². The minimum Gasteiger partial charge on any atom is -0.368 e. The lowest BCUT2D eigenvalue weighted by Crippen LogP contribution is -2.53. The van der Waals surface area contributed by atoms with Crippen LogP contribution in [0.5, 0.6) is 0 Å². The number of rotatable bonds is 4. The molecule has 5 heteroatoms. The lowest BCUT2D eigenvalue weighted by Gasteiger charge is -2.34. The van der Waals surface area contributed by atoms with Crippen LogP contribution in [0.2, 0.25) is 0 Å². The third-order valence-corrected chi connectivity index (χ3v) is 3.92. The highest BCUT2D eigenvalue weighted by Crippen LogP contribution is 2.22. The second-order valence-electron chi connectivity index (χ2n) is 5.06. The van der Waals surface area contributed by atoms with Gasteiger partial charge in [0, 0.05) is 13.7 Å². The SMILES string of the molecule is COC1(C(=O)NCc2ccccc2C)CCNCC1.Cl. The maximum Gasteiger partial charge on any atom is 0.252 e. The Morgan fingerprint density at radius 1 is 1.35 bits per heavy atom. The number of halogens is 1. The van der Waals surface area contributed by atoms with E-state index in [2.05, 4.69) is 23.6 Å². The maximum atomic E-state index is 12.4. The van der Waals surface area contributed by atoms with Crippen molar-refractivity contribution < 1.29 is 9.53 Å². The molecule has 0 saturated carbocycles. The highest BCUT2D eigenvalue weighted by atomic mass is 35.5. The molecule has 1 fully saturated rings. The Hall–Kier alpha value is -1.10. The number of ether oxygens (including phenoxy) is 1. The summed E-state index contributed by atoms with van der Waals surface area (Å²) in [6.07, 6.45) is 1.45. The van der Waals surface area contributed by atoms with Crippen LogP contribution >= 0.6 is 12.4 Å². The van der Waals surface area contributed by atoms with Crippen LogP contribution in [0.3, 0.4) is 0 Å². The Bertz CT molecular complexity index is 445. The van der Waals surface area contributed by atoms with Gasteiger partial charge < -0.3 is 15.4 Å². The number of benzene rings is 1. The van der Waals surface area contributed by atoms with E-state index in [1.807, 2.05) is 18.2 Å². The van der Waals surface area contributed by atoms with Crippen molar-refractivity contribution >= 4 is 18.3 Å². The summed E-state index contributed by atoms with van der Waals surface area (Å²) in [5.74, 6) is -0.000229. The molecule has 0 radical (unpaired) electrons. The Morgan fingerprint density at radius 3 is 2.60 bits per heavy atom. The fourth-order valence-corrected chi connectivity index (χ4v) is 2.50. The average Bonchev–Trinajstić information content (AvgIpc) is 2.46. The largest absolute Gasteiger partial charge is 0.368 e. The molecule has 1 aromatic carbocycles. The van der Waals surface area contributed by atoms with E-state index in [1.54, 1.807) is 7.11 Å². The van der Waals surface area contributed by atoms with Crippen LogP contribution < -0.4 is 10.6 Å². The van der Waals surface area contributed by atoms with Crippen molar-refractivity contribution in [1.82, 2.24) is 10.6 Å². The van der Waals surface area contributed by atoms with E-state index in [0.717, 1.165) is 31.5 Å². The predicted molar refractivity (Wildman–Crippen MR) is 82.1 cm³/mol. The van der Waals surface area contributed by atoms with Crippen molar-refractivity contribution in [2.45, 2.75) is 31.9 Å². The van der Waals surface area contributed by atoms with Crippen molar-refractivity contribution in [3.63, 3.8) is 0 Å². The van der Waals surface area contributed by atoms with Gasteiger partial charge in [-0.3, -0.25) is 4.79 Å². The predicted octanol–water partition coefficient (Wildman–Crippen LogP) is 1.80. The summed E-state index contributed by atoms with van der Waals surface area (Å²) in [5, 5.41) is 6.26. The Kier molecular flexibility index (Phi) is 6.46. The van der Waals surface area contributed by atoms with Gasteiger partial charge >= 0.3 is 0 Å². The molecule has 4 nitrogen and oxygen atoms in total. The Balaban J connectivity index is 0.00000200. The Labute approximate surface area is 126 Å². The van der Waals surface area contributed by atoms with E-state index in [9.17, 15) is 4.79 Å². The summed E-state index contributed by atoms with van der Waals surface area (Å²) >= 11 is 0. The van der Waals surface area contributed by atoms with Crippen molar-refractivity contribution in [3.05, 3.63) is 35.4 Å². The summed E-state index contributed by atoms with van der Waals surface area (Å²) < 4.78 is 5.51. The molecule has 1 amide bonds. The number of piperidine rings is 1. The first-order valence-corrected chi connectivity index (χ1v) is 6.77. The van der Waals surface area contributed by atoms with Crippen molar-refractivity contribution in [2.75, 3.05) is 20.2 Å². The zero-order valence-electron chi connectivity index (χ0n) is 12.1. The molecule has 1 aliphatic heterocycles.